The zero-order valence-corrected chi connectivity index (χ0v) is 10.4. The second-order valence-corrected chi connectivity index (χ2v) is 4.52. The molecule has 1 aliphatic heterocycles. The average molecular weight is 250 g/mol. The van der Waals surface area contributed by atoms with Gasteiger partial charge in [0.25, 0.3) is 0 Å². The molecule has 0 spiro atoms. The van der Waals surface area contributed by atoms with E-state index in [4.69, 9.17) is 4.74 Å². The first-order valence-electron chi connectivity index (χ1n) is 6.32. The van der Waals surface area contributed by atoms with Gasteiger partial charge in [-0.05, 0) is 5.56 Å². The Labute approximate surface area is 112 Å². The van der Waals surface area contributed by atoms with Crippen molar-refractivity contribution >= 4 is 11.9 Å². The molecule has 1 aliphatic rings. The Balaban J connectivity index is 1.63. The molecule has 0 aliphatic carbocycles. The molecule has 2 nitrogen and oxygen atoms in total. The van der Waals surface area contributed by atoms with E-state index in [1.165, 1.54) is 0 Å². The quantitative estimate of drug-likeness (QED) is 0.615. The van der Waals surface area contributed by atoms with Crippen LogP contribution in [-0.4, -0.2) is 18.0 Å². The third-order valence-corrected chi connectivity index (χ3v) is 3.12. The predicted octanol–water partition coefficient (Wildman–Crippen LogP) is 3.35. The van der Waals surface area contributed by atoms with E-state index >= 15 is 0 Å². The summed E-state index contributed by atoms with van der Waals surface area (Å²) in [6, 6.07) is 19.3. The summed E-state index contributed by atoms with van der Waals surface area (Å²) < 4.78 is 5.42. The van der Waals surface area contributed by atoms with Crippen LogP contribution < -0.4 is 0 Å². The van der Waals surface area contributed by atoms with Gasteiger partial charge in [0.1, 0.15) is 6.10 Å². The van der Waals surface area contributed by atoms with Gasteiger partial charge in [0.2, 0.25) is 0 Å². The molecule has 0 amide bonds. The number of epoxide rings is 1. The van der Waals surface area contributed by atoms with Crippen LogP contribution in [0.3, 0.4) is 0 Å². The second-order valence-electron chi connectivity index (χ2n) is 4.52. The number of carbonyl (C=O) groups excluding carboxylic acids is 1. The van der Waals surface area contributed by atoms with Crippen LogP contribution in [0.25, 0.3) is 6.08 Å². The van der Waals surface area contributed by atoms with Gasteiger partial charge in [-0.15, -0.1) is 0 Å². The van der Waals surface area contributed by atoms with Crippen molar-refractivity contribution in [2.24, 2.45) is 0 Å². The van der Waals surface area contributed by atoms with Gasteiger partial charge < -0.3 is 4.74 Å². The van der Waals surface area contributed by atoms with Crippen LogP contribution in [0.1, 0.15) is 15.9 Å². The third-order valence-electron chi connectivity index (χ3n) is 3.12. The summed E-state index contributed by atoms with van der Waals surface area (Å²) in [6.45, 7) is 0. The smallest absolute Gasteiger partial charge is 0.194 e. The molecule has 94 valence electrons. The molecule has 0 aromatic heterocycles. The molecule has 1 heterocycles. The van der Waals surface area contributed by atoms with E-state index in [2.05, 4.69) is 0 Å². The lowest BCUT2D eigenvalue weighted by Crippen LogP contribution is -2.09. The van der Waals surface area contributed by atoms with E-state index in [1.807, 2.05) is 72.8 Å². The second kappa shape index (κ2) is 5.21. The number of carbonyl (C=O) groups is 1. The van der Waals surface area contributed by atoms with Crippen molar-refractivity contribution in [3.05, 3.63) is 77.9 Å². The lowest BCUT2D eigenvalue weighted by Gasteiger charge is -1.94. The van der Waals surface area contributed by atoms with Gasteiger partial charge in [-0.25, -0.2) is 0 Å². The minimum absolute atomic E-state index is 0.0586. The van der Waals surface area contributed by atoms with Crippen molar-refractivity contribution in [1.82, 2.24) is 0 Å². The summed E-state index contributed by atoms with van der Waals surface area (Å²) in [7, 11) is 0. The molecule has 19 heavy (non-hydrogen) atoms. The number of hydrogen-bond acceptors (Lipinski definition) is 2. The maximum absolute atomic E-state index is 12.1. The van der Waals surface area contributed by atoms with Gasteiger partial charge in [-0.3, -0.25) is 4.79 Å². The Morgan fingerprint density at radius 1 is 0.947 bits per heavy atom. The minimum atomic E-state index is -0.317. The van der Waals surface area contributed by atoms with Crippen LogP contribution in [-0.2, 0) is 4.74 Å². The van der Waals surface area contributed by atoms with Gasteiger partial charge >= 0.3 is 0 Å². The van der Waals surface area contributed by atoms with E-state index in [0.717, 1.165) is 5.56 Å². The number of benzene rings is 2. The highest BCUT2D eigenvalue weighted by Crippen LogP contribution is 2.27. The van der Waals surface area contributed by atoms with Crippen LogP contribution in [0.4, 0.5) is 0 Å². The molecule has 2 heteroatoms. The first-order chi connectivity index (χ1) is 9.34. The maximum Gasteiger partial charge on any atom is 0.194 e. The first kappa shape index (κ1) is 11.9. The van der Waals surface area contributed by atoms with Gasteiger partial charge in [0.05, 0.1) is 0 Å². The van der Waals surface area contributed by atoms with Crippen molar-refractivity contribution < 1.29 is 9.53 Å². The molecule has 2 aromatic carbocycles. The highest BCUT2D eigenvalue weighted by molar-refractivity contribution is 6.01. The normalized spacial score (nSPS) is 21.5. The topological polar surface area (TPSA) is 29.6 Å². The minimum Gasteiger partial charge on any atom is -0.356 e. The highest BCUT2D eigenvalue weighted by atomic mass is 16.6. The van der Waals surface area contributed by atoms with Crippen molar-refractivity contribution in [2.75, 3.05) is 0 Å². The summed E-state index contributed by atoms with van der Waals surface area (Å²) in [6.07, 6.45) is 3.53. The molecular formula is C17H14O2. The fraction of sp³-hybridized carbons (Fsp3) is 0.118. The Bertz CT molecular complexity index is 587. The molecular weight excluding hydrogens is 236 g/mol. The summed E-state index contributed by atoms with van der Waals surface area (Å²) in [5, 5.41) is 0. The molecule has 0 saturated carbocycles. The maximum atomic E-state index is 12.1. The van der Waals surface area contributed by atoms with E-state index in [1.54, 1.807) is 0 Å². The molecule has 0 unspecified atom stereocenters. The lowest BCUT2D eigenvalue weighted by molar-refractivity contribution is 0.0953. The van der Waals surface area contributed by atoms with Gasteiger partial charge in [-0.1, -0.05) is 72.8 Å². The zero-order chi connectivity index (χ0) is 13.1. The highest BCUT2D eigenvalue weighted by Gasteiger charge is 2.43. The Kier molecular flexibility index (Phi) is 3.25. The SMILES string of the molecule is O=C(c1ccccc1)[C@H]1O[C@H]1/C=C/c1ccccc1. The third kappa shape index (κ3) is 2.80. The van der Waals surface area contributed by atoms with E-state index in [9.17, 15) is 4.79 Å². The molecule has 1 saturated heterocycles. The van der Waals surface area contributed by atoms with Crippen molar-refractivity contribution in [3.63, 3.8) is 0 Å². The molecule has 0 N–H and O–H groups in total. The lowest BCUT2D eigenvalue weighted by atomic mass is 10.1. The van der Waals surface area contributed by atoms with E-state index in [-0.39, 0.29) is 18.0 Å². The number of ether oxygens (including phenoxy) is 1. The van der Waals surface area contributed by atoms with Crippen molar-refractivity contribution in [3.8, 4) is 0 Å². The molecule has 2 atom stereocenters. The number of ketones is 1. The van der Waals surface area contributed by atoms with Crippen molar-refractivity contribution in [1.29, 1.82) is 0 Å². The monoisotopic (exact) mass is 250 g/mol. The van der Waals surface area contributed by atoms with Crippen LogP contribution in [0.2, 0.25) is 0 Å². The van der Waals surface area contributed by atoms with Crippen LogP contribution in [0.15, 0.2) is 66.7 Å². The number of hydrogen-bond donors (Lipinski definition) is 0. The fourth-order valence-corrected chi connectivity index (χ4v) is 2.02. The molecule has 0 radical (unpaired) electrons. The van der Waals surface area contributed by atoms with Gasteiger partial charge in [-0.2, -0.15) is 0 Å². The summed E-state index contributed by atoms with van der Waals surface area (Å²) in [4.78, 5) is 12.1. The number of Topliss-reactive ketones (excluding diaryl/α,β-unsaturated/α-hetero) is 1. The Morgan fingerprint density at radius 2 is 1.58 bits per heavy atom. The predicted molar refractivity (Wildman–Crippen MR) is 74.9 cm³/mol. The molecule has 3 rings (SSSR count). The largest absolute Gasteiger partial charge is 0.356 e. The Hall–Kier alpha value is -2.19. The average Bonchev–Trinajstić information content (AvgIpc) is 3.26. The number of rotatable bonds is 4. The molecule has 0 bridgehead atoms. The van der Waals surface area contributed by atoms with Gasteiger partial charge in [0, 0.05) is 5.56 Å². The summed E-state index contributed by atoms with van der Waals surface area (Å²) in [5.41, 5.74) is 1.83. The summed E-state index contributed by atoms with van der Waals surface area (Å²) >= 11 is 0. The molecule has 2 aromatic rings. The Morgan fingerprint density at radius 3 is 2.26 bits per heavy atom. The van der Waals surface area contributed by atoms with E-state index < -0.39 is 0 Å². The van der Waals surface area contributed by atoms with Crippen LogP contribution >= 0.6 is 0 Å². The molecule has 1 fully saturated rings. The standard InChI is InChI=1S/C17H14O2/c18-16(14-9-5-2-6-10-14)17-15(19-17)12-11-13-7-3-1-4-8-13/h1-12,15,17H/b12-11+/t15-,17-/m0/s1. The van der Waals surface area contributed by atoms with Crippen LogP contribution in [0, 0.1) is 0 Å². The summed E-state index contributed by atoms with van der Waals surface area (Å²) in [5.74, 6) is 0.0586. The van der Waals surface area contributed by atoms with Gasteiger partial charge in [0.15, 0.2) is 11.9 Å². The van der Waals surface area contributed by atoms with Crippen LogP contribution in [0.5, 0.6) is 0 Å². The first-order valence-corrected chi connectivity index (χ1v) is 6.32. The van der Waals surface area contributed by atoms with E-state index in [0.29, 0.717) is 5.56 Å². The van der Waals surface area contributed by atoms with Crippen molar-refractivity contribution in [2.45, 2.75) is 12.2 Å². The zero-order valence-electron chi connectivity index (χ0n) is 10.4. The fourth-order valence-electron chi connectivity index (χ4n) is 2.02.